The summed E-state index contributed by atoms with van der Waals surface area (Å²) in [5.41, 5.74) is 4.13. The summed E-state index contributed by atoms with van der Waals surface area (Å²) in [6.45, 7) is 4.74. The molecule has 0 atom stereocenters. The normalized spacial score (nSPS) is 8.60. The van der Waals surface area contributed by atoms with Crippen LogP contribution in [-0.2, 0) is 48.2 Å². The van der Waals surface area contributed by atoms with Crippen LogP contribution >= 0.6 is 0 Å². The Kier molecular flexibility index (Phi) is 39.4. The monoisotopic (exact) mass is 1130 g/mol. The summed E-state index contributed by atoms with van der Waals surface area (Å²) in [6.07, 6.45) is 0. The van der Waals surface area contributed by atoms with Crippen LogP contribution in [0.3, 0.4) is 0 Å². The SMILES string of the molecule is C.CC#CC#CC#CC#CC#CC#CC#CC#CC#CC#CC#CC#CC#CC#CC#CC.O[Si](O)(O)O.O[Si](O)(O)O[Si](O)(O)O.[HH].c1ccc(CO[Si](OCc2ccccc2)(OCc2ccccc2)OCc2ccccc2)cc1. The van der Waals surface area contributed by atoms with Gasteiger partial charge in [-0.25, -0.2) is 0 Å². The second-order valence-corrected chi connectivity index (χ2v) is 19.9. The van der Waals surface area contributed by atoms with Crippen molar-refractivity contribution in [1.82, 2.24) is 0 Å². The van der Waals surface area contributed by atoms with E-state index in [9.17, 15) is 0 Å². The van der Waals surface area contributed by atoms with Crippen LogP contribution in [0.2, 0.25) is 0 Å². The first-order valence-electron chi connectivity index (χ1n) is 21.9. The lowest BCUT2D eigenvalue weighted by Crippen LogP contribution is -2.53. The molecule has 0 amide bonds. The quantitative estimate of drug-likeness (QED) is 0.0635. The van der Waals surface area contributed by atoms with Gasteiger partial charge in [-0.2, -0.15) is 0 Å². The van der Waals surface area contributed by atoms with Gasteiger partial charge in [-0.15, -0.1) is 0 Å². The van der Waals surface area contributed by atoms with E-state index in [1.54, 1.807) is 13.8 Å². The van der Waals surface area contributed by atoms with Gasteiger partial charge in [-0.05, 0) is 131 Å². The first-order chi connectivity index (χ1) is 37.9. The largest absolute Gasteiger partial charge is 0.680 e. The van der Waals surface area contributed by atoms with Crippen molar-refractivity contribution in [3.63, 3.8) is 0 Å². The van der Waals surface area contributed by atoms with Gasteiger partial charge in [-0.3, -0.25) is 0 Å². The van der Waals surface area contributed by atoms with Crippen molar-refractivity contribution in [2.45, 2.75) is 47.7 Å². The summed E-state index contributed by atoms with van der Waals surface area (Å²) in [5, 5.41) is 0. The predicted molar refractivity (Wildman–Crippen MR) is 308 cm³/mol. The minimum absolute atomic E-state index is 0. The van der Waals surface area contributed by atoms with Crippen molar-refractivity contribution in [3.05, 3.63) is 144 Å². The molecule has 0 aliphatic rings. The molecule has 0 radical (unpaired) electrons. The second-order valence-electron chi connectivity index (χ2n) is 13.4. The van der Waals surface area contributed by atoms with Crippen LogP contribution in [-0.4, -0.2) is 84.1 Å². The Balaban J connectivity index is 0. The van der Waals surface area contributed by atoms with Crippen molar-refractivity contribution in [2.24, 2.45) is 0 Å². The van der Waals surface area contributed by atoms with Gasteiger partial charge in [-0.1, -0.05) is 141 Å². The fraction of sp³-hybridized carbons (Fsp3) is 0.115. The van der Waals surface area contributed by atoms with Gasteiger partial charge >= 0.3 is 36.2 Å². The van der Waals surface area contributed by atoms with Gasteiger partial charge in [0.1, 0.15) is 0 Å². The van der Waals surface area contributed by atoms with Crippen molar-refractivity contribution >= 4 is 36.2 Å². The Labute approximate surface area is 474 Å². The van der Waals surface area contributed by atoms with Crippen molar-refractivity contribution in [2.75, 3.05) is 0 Å². The Morgan fingerprint density at radius 3 is 0.562 bits per heavy atom. The zero-order chi connectivity index (χ0) is 58.0. The third-order valence-corrected chi connectivity index (χ3v) is 11.4. The zero-order valence-corrected chi connectivity index (χ0v) is 45.9. The van der Waals surface area contributed by atoms with Crippen molar-refractivity contribution in [3.8, 4) is 178 Å². The molecule has 0 aromatic heterocycles. The molecule has 0 spiro atoms. The molecule has 0 bridgehead atoms. The lowest BCUT2D eigenvalue weighted by Gasteiger charge is -2.28. The minimum atomic E-state index is -4.98. The smallest absolute Gasteiger partial charge is 0.368 e. The van der Waals surface area contributed by atoms with E-state index in [1.807, 2.05) is 121 Å². The maximum absolute atomic E-state index is 7.94. The predicted octanol–water partition coefficient (Wildman–Crippen LogP) is 1.47. The van der Waals surface area contributed by atoms with E-state index in [-0.39, 0.29) is 8.85 Å². The molecular weight excluding hydrogens is 1080 g/mol. The molecule has 4 aromatic rings. The standard InChI is InChI=1S/C32H6.C28H28O4Si.CH4.H6O7Si2.H4O4Si.H2/c1-3-5-7-9-11-13-15-17-19-21-23-25-27-29-31-32-30-28-26-24-22-20-18-16-14-12-10-8-6-4-2;1-5-13-25(14-6-1)21-29-33(30-22-26-15-7-2-8-16-26,31-23-27-17-9-3-10-18-27)32-24-28-19-11-4-12-20-28;;1-8(2,3)7-9(4,5)6;1-5(2,3)4;/h1-2H3;1-20H,21-24H2;1H4;1-6H;1-4H;1H. The van der Waals surface area contributed by atoms with E-state index in [1.165, 1.54) is 0 Å². The summed E-state index contributed by atoms with van der Waals surface area (Å²) in [7, 11) is -18.1. The summed E-state index contributed by atoms with van der Waals surface area (Å²) >= 11 is 0. The molecular formula is C61H50O15Si4. The fourth-order valence-electron chi connectivity index (χ4n) is 4.36. The average molecular weight is 1140 g/mol. The van der Waals surface area contributed by atoms with Crippen LogP contribution in [0.5, 0.6) is 0 Å². The molecule has 80 heavy (non-hydrogen) atoms. The van der Waals surface area contributed by atoms with Crippen molar-refractivity contribution in [1.29, 1.82) is 0 Å². The molecule has 19 heteroatoms. The van der Waals surface area contributed by atoms with E-state index in [0.29, 0.717) is 26.4 Å². The van der Waals surface area contributed by atoms with E-state index in [2.05, 4.69) is 182 Å². The average Bonchev–Trinajstić information content (AvgIpc) is 3.41. The molecule has 4 aromatic carbocycles. The Hall–Kier alpha value is -9.45. The van der Waals surface area contributed by atoms with Crippen LogP contribution < -0.4 is 0 Å². The first-order valence-corrected chi connectivity index (χ1v) is 28.8. The second kappa shape index (κ2) is 44.7. The van der Waals surface area contributed by atoms with E-state index >= 15 is 0 Å². The lowest BCUT2D eigenvalue weighted by atomic mass is 10.2. The molecule has 4 rings (SSSR count). The van der Waals surface area contributed by atoms with Crippen LogP contribution in [0.4, 0.5) is 0 Å². The highest BCUT2D eigenvalue weighted by Gasteiger charge is 2.47. The molecule has 15 nitrogen and oxygen atoms in total. The summed E-state index contributed by atoms with van der Waals surface area (Å²) < 4.78 is 28.6. The van der Waals surface area contributed by atoms with Gasteiger partial charge in [0.05, 0.1) is 26.4 Å². The summed E-state index contributed by atoms with van der Waals surface area (Å²) in [5.74, 6) is 75.6. The van der Waals surface area contributed by atoms with Gasteiger partial charge in [0.15, 0.2) is 0 Å². The summed E-state index contributed by atoms with van der Waals surface area (Å²) in [6, 6.07) is 40.0. The maximum atomic E-state index is 7.94. The van der Waals surface area contributed by atoms with Gasteiger partial charge in [0.2, 0.25) is 0 Å². The summed E-state index contributed by atoms with van der Waals surface area (Å²) in [4.78, 5) is 76.9. The molecule has 0 aliphatic carbocycles. The van der Waals surface area contributed by atoms with Gasteiger partial charge in [0, 0.05) is 72.5 Å². The van der Waals surface area contributed by atoms with E-state index in [4.69, 9.17) is 65.7 Å². The third kappa shape index (κ3) is 47.0. The van der Waals surface area contributed by atoms with Crippen LogP contribution in [0, 0.1) is 178 Å². The molecule has 0 fully saturated rings. The molecule has 0 saturated carbocycles. The van der Waals surface area contributed by atoms with Crippen LogP contribution in [0.1, 0.15) is 45.0 Å². The minimum Gasteiger partial charge on any atom is -0.368 e. The Morgan fingerprint density at radius 1 is 0.287 bits per heavy atom. The molecule has 10 N–H and O–H groups in total. The Bertz CT molecular complexity index is 3250. The Morgan fingerprint density at radius 2 is 0.438 bits per heavy atom. The van der Waals surface area contributed by atoms with Crippen molar-refractivity contribution < 1.29 is 71.2 Å². The number of hydrogen-bond acceptors (Lipinski definition) is 15. The number of benzene rings is 4. The highest BCUT2D eigenvalue weighted by Crippen LogP contribution is 2.21. The zero-order valence-electron chi connectivity index (χ0n) is 41.9. The first kappa shape index (κ1) is 70.5. The lowest BCUT2D eigenvalue weighted by molar-refractivity contribution is -0.0521. The van der Waals surface area contributed by atoms with Crippen LogP contribution in [0.15, 0.2) is 121 Å². The molecule has 0 unspecified atom stereocenters. The molecule has 0 aliphatic heterocycles. The number of rotatable bonds is 14. The third-order valence-electron chi connectivity index (χ3n) is 7.25. The van der Waals surface area contributed by atoms with E-state index in [0.717, 1.165) is 22.3 Å². The van der Waals surface area contributed by atoms with E-state index < -0.39 is 36.2 Å². The van der Waals surface area contributed by atoms with Crippen LogP contribution in [0.25, 0.3) is 0 Å². The van der Waals surface area contributed by atoms with Gasteiger partial charge in [0.25, 0.3) is 0 Å². The topological polar surface area (TPSA) is 248 Å². The molecule has 400 valence electrons. The fourth-order valence-corrected chi connectivity index (χ4v) is 7.70. The molecule has 0 saturated heterocycles. The maximum Gasteiger partial charge on any atom is 0.680 e. The highest BCUT2D eigenvalue weighted by molar-refractivity contribution is 6.63. The van der Waals surface area contributed by atoms with Gasteiger partial charge < -0.3 is 69.8 Å². The molecule has 0 heterocycles. The number of hydrogen-bond donors (Lipinski definition) is 10. The highest BCUT2D eigenvalue weighted by atomic mass is 28.5.